The molecule has 2 aromatic rings. The number of halogens is 3. The van der Waals surface area contributed by atoms with Gasteiger partial charge in [-0.05, 0) is 17.7 Å². The Hall–Kier alpha value is -1.86. The Bertz CT molecular complexity index is 869. The van der Waals surface area contributed by atoms with Gasteiger partial charge in [0.15, 0.2) is 10.1 Å². The highest BCUT2D eigenvalue weighted by molar-refractivity contribution is 8.02. The van der Waals surface area contributed by atoms with Gasteiger partial charge in [-0.2, -0.15) is 0 Å². The molecule has 1 N–H and O–H groups in total. The van der Waals surface area contributed by atoms with Crippen LogP contribution in [0.25, 0.3) is 0 Å². The Morgan fingerprint density at radius 3 is 2.33 bits per heavy atom. The van der Waals surface area contributed by atoms with Crippen LogP contribution in [0.3, 0.4) is 0 Å². The minimum atomic E-state index is -0.622. The predicted molar refractivity (Wildman–Crippen MR) is 113 cm³/mol. The number of nitrogens with zero attached hydrogens (tertiary/aromatic N) is 1. The largest absolute Gasteiger partial charge is 0.495 e. The zero-order chi connectivity index (χ0) is 19.8. The molecule has 0 aromatic heterocycles. The number of nitrogens with one attached hydrogen (secondary N) is 1. The second kappa shape index (κ2) is 10.5. The van der Waals surface area contributed by atoms with Gasteiger partial charge in [-0.15, -0.1) is 0 Å². The third-order valence-corrected chi connectivity index (χ3v) is 5.35. The maximum absolute atomic E-state index is 11.7. The zero-order valence-corrected chi connectivity index (χ0v) is 17.2. The number of hydrogen-bond donors (Lipinski definition) is 1. The number of ether oxygens (including phenoxy) is 1. The first-order chi connectivity index (χ1) is 12.9. The average Bonchev–Trinajstić information content (AvgIpc) is 2.66. The van der Waals surface area contributed by atoms with E-state index in [0.29, 0.717) is 17.2 Å². The van der Waals surface area contributed by atoms with Crippen molar-refractivity contribution in [3.05, 3.63) is 90.5 Å². The highest BCUT2D eigenvalue weighted by atomic mass is 35.5. The molecule has 0 amide bonds. The van der Waals surface area contributed by atoms with Gasteiger partial charge in [-0.1, -0.05) is 89.0 Å². The first-order valence-electron chi connectivity index (χ1n) is 7.60. The molecule has 27 heavy (non-hydrogen) atoms. The number of nitro groups is 1. The van der Waals surface area contributed by atoms with E-state index in [1.807, 2.05) is 30.3 Å². The van der Waals surface area contributed by atoms with E-state index in [9.17, 15) is 10.1 Å². The van der Waals surface area contributed by atoms with Crippen LogP contribution in [0.1, 0.15) is 5.56 Å². The molecule has 0 aliphatic heterocycles. The minimum Gasteiger partial charge on any atom is -0.495 e. The Morgan fingerprint density at radius 2 is 1.74 bits per heavy atom. The molecule has 9 heteroatoms. The lowest BCUT2D eigenvalue weighted by atomic mass is 10.2. The van der Waals surface area contributed by atoms with Crippen LogP contribution in [0.4, 0.5) is 5.69 Å². The van der Waals surface area contributed by atoms with Gasteiger partial charge in [0.1, 0.15) is 10.2 Å². The van der Waals surface area contributed by atoms with Gasteiger partial charge >= 0.3 is 5.70 Å². The molecule has 5 nitrogen and oxygen atoms in total. The van der Waals surface area contributed by atoms with Crippen LogP contribution in [-0.4, -0.2) is 12.0 Å². The lowest BCUT2D eigenvalue weighted by Gasteiger charge is -2.14. The third-order valence-electron chi connectivity index (χ3n) is 3.35. The fourth-order valence-corrected chi connectivity index (χ4v) is 3.51. The number of methoxy groups -OCH3 is 1. The number of benzene rings is 2. The van der Waals surface area contributed by atoms with Crippen molar-refractivity contribution in [3.63, 3.8) is 0 Å². The first-order valence-corrected chi connectivity index (χ1v) is 9.72. The highest BCUT2D eigenvalue weighted by Crippen LogP contribution is 2.36. The molecule has 0 atom stereocenters. The van der Waals surface area contributed by atoms with E-state index in [2.05, 4.69) is 5.32 Å². The molecular weight excluding hydrogens is 431 g/mol. The number of hydrogen-bond acceptors (Lipinski definition) is 5. The second-order valence-electron chi connectivity index (χ2n) is 5.11. The molecule has 142 valence electrons. The second-order valence-corrected chi connectivity index (χ2v) is 7.42. The Labute approximate surface area is 176 Å². The van der Waals surface area contributed by atoms with Crippen molar-refractivity contribution in [2.24, 2.45) is 0 Å². The fraction of sp³-hybridized carbons (Fsp3) is 0.111. The van der Waals surface area contributed by atoms with E-state index >= 15 is 0 Å². The summed E-state index contributed by atoms with van der Waals surface area (Å²) in [5.74, 6) is 0.995. The molecular formula is C18H15Cl3N2O3S. The Morgan fingerprint density at radius 1 is 1.11 bits per heavy atom. The summed E-state index contributed by atoms with van der Waals surface area (Å²) in [6, 6.07) is 16.6. The van der Waals surface area contributed by atoms with Crippen molar-refractivity contribution in [2.45, 2.75) is 5.75 Å². The SMILES string of the molecule is COc1ccccc1NC(SCc1ccccc1)=C(C(Cl)=C(Cl)Cl)[N+](=O)[O-]. The third kappa shape index (κ3) is 6.07. The van der Waals surface area contributed by atoms with Gasteiger partial charge in [0, 0.05) is 5.75 Å². The zero-order valence-electron chi connectivity index (χ0n) is 14.1. The lowest BCUT2D eigenvalue weighted by molar-refractivity contribution is -0.420. The van der Waals surface area contributed by atoms with Crippen LogP contribution in [0.5, 0.6) is 5.75 Å². The maximum Gasteiger partial charge on any atom is 0.320 e. The van der Waals surface area contributed by atoms with Crippen LogP contribution >= 0.6 is 46.6 Å². The lowest BCUT2D eigenvalue weighted by Crippen LogP contribution is -2.10. The average molecular weight is 446 g/mol. The van der Waals surface area contributed by atoms with Crippen molar-refractivity contribution in [1.29, 1.82) is 0 Å². The number of thioether (sulfide) groups is 1. The summed E-state index contributed by atoms with van der Waals surface area (Å²) < 4.78 is 4.91. The van der Waals surface area contributed by atoms with Gasteiger partial charge in [0.25, 0.3) is 0 Å². The van der Waals surface area contributed by atoms with Gasteiger partial charge < -0.3 is 10.1 Å². The number of anilines is 1. The molecule has 2 rings (SSSR count). The smallest absolute Gasteiger partial charge is 0.320 e. The normalized spacial score (nSPS) is 11.4. The van der Waals surface area contributed by atoms with Gasteiger partial charge in [0.2, 0.25) is 0 Å². The molecule has 2 aromatic carbocycles. The molecule has 0 heterocycles. The monoisotopic (exact) mass is 444 g/mol. The molecule has 0 spiro atoms. The van der Waals surface area contributed by atoms with E-state index in [4.69, 9.17) is 39.5 Å². The summed E-state index contributed by atoms with van der Waals surface area (Å²) in [7, 11) is 1.51. The molecule has 0 bridgehead atoms. The summed E-state index contributed by atoms with van der Waals surface area (Å²) in [6.07, 6.45) is 0. The molecule has 0 aliphatic rings. The van der Waals surface area contributed by atoms with Crippen molar-refractivity contribution < 1.29 is 9.66 Å². The molecule has 0 saturated heterocycles. The van der Waals surface area contributed by atoms with E-state index in [-0.39, 0.29) is 14.6 Å². The number of allylic oxidation sites excluding steroid dienone is 1. The summed E-state index contributed by atoms with van der Waals surface area (Å²) in [5.41, 5.74) is 1.12. The van der Waals surface area contributed by atoms with Crippen molar-refractivity contribution >= 4 is 52.3 Å². The van der Waals surface area contributed by atoms with E-state index in [0.717, 1.165) is 5.56 Å². The van der Waals surface area contributed by atoms with Crippen LogP contribution in [-0.2, 0) is 5.75 Å². The topological polar surface area (TPSA) is 64.4 Å². The molecule has 0 aliphatic carbocycles. The molecule has 0 saturated carbocycles. The van der Waals surface area contributed by atoms with Crippen LogP contribution in [0.2, 0.25) is 0 Å². The summed E-state index contributed by atoms with van der Waals surface area (Å²) in [5, 5.41) is 14.5. The van der Waals surface area contributed by atoms with Crippen molar-refractivity contribution in [1.82, 2.24) is 0 Å². The van der Waals surface area contributed by atoms with Gasteiger partial charge in [-0.3, -0.25) is 10.1 Å². The van der Waals surface area contributed by atoms with Gasteiger partial charge in [-0.25, -0.2) is 0 Å². The molecule has 0 fully saturated rings. The van der Waals surface area contributed by atoms with Crippen LogP contribution in [0.15, 0.2) is 74.8 Å². The predicted octanol–water partition coefficient (Wildman–Crippen LogP) is 6.37. The number of para-hydroxylation sites is 2. The maximum atomic E-state index is 11.7. The summed E-state index contributed by atoms with van der Waals surface area (Å²) >= 11 is 18.6. The van der Waals surface area contributed by atoms with Crippen molar-refractivity contribution in [3.8, 4) is 5.75 Å². The summed E-state index contributed by atoms with van der Waals surface area (Å²) in [4.78, 5) is 11.0. The molecule has 0 unspecified atom stereocenters. The minimum absolute atomic E-state index is 0.192. The van der Waals surface area contributed by atoms with E-state index in [1.54, 1.807) is 24.3 Å². The summed E-state index contributed by atoms with van der Waals surface area (Å²) in [6.45, 7) is 0. The fourth-order valence-electron chi connectivity index (χ4n) is 2.12. The Kier molecular flexibility index (Phi) is 8.31. The van der Waals surface area contributed by atoms with Crippen LogP contribution in [0, 0.1) is 10.1 Å². The van der Waals surface area contributed by atoms with Crippen molar-refractivity contribution in [2.75, 3.05) is 12.4 Å². The molecule has 0 radical (unpaired) electrons. The standard InChI is InChI=1S/C18H15Cl3N2O3S/c1-26-14-10-6-5-9-13(14)22-18(16(23(24)25)15(19)17(20)21)27-11-12-7-3-2-4-8-12/h2-10,22H,11H2,1H3. The number of rotatable bonds is 8. The highest BCUT2D eigenvalue weighted by Gasteiger charge is 2.26. The van der Waals surface area contributed by atoms with E-state index < -0.39 is 10.6 Å². The van der Waals surface area contributed by atoms with Crippen LogP contribution < -0.4 is 10.1 Å². The quantitative estimate of drug-likeness (QED) is 0.290. The Balaban J connectivity index is 2.47. The first kappa shape index (κ1) is 21.4. The van der Waals surface area contributed by atoms with Gasteiger partial charge in [0.05, 0.1) is 17.7 Å². The van der Waals surface area contributed by atoms with E-state index in [1.165, 1.54) is 18.9 Å².